The van der Waals surface area contributed by atoms with E-state index in [1.54, 1.807) is 4.72 Å². The van der Waals surface area contributed by atoms with Crippen molar-refractivity contribution in [1.82, 2.24) is 4.72 Å². The molecule has 100 valence electrons. The number of benzene rings is 1. The van der Waals surface area contributed by atoms with Gasteiger partial charge in [-0.05, 0) is 19.1 Å². The average molecular weight is 279 g/mol. The molecule has 0 radical (unpaired) electrons. The maximum Gasteiger partial charge on any atom is 0.247 e. The Labute approximate surface area is 102 Å². The standard InChI is InChI=1S/C9H11F2N3O3S/c1-4(9(13)15)14-18(16,17)8-6(10)2-5(12)3-7(8)11/h2-4,14H,12H2,1H3,(H2,13,15). The number of anilines is 1. The average Bonchev–Trinajstić information content (AvgIpc) is 2.13. The summed E-state index contributed by atoms with van der Waals surface area (Å²) >= 11 is 0. The van der Waals surface area contributed by atoms with Crippen molar-refractivity contribution in [3.63, 3.8) is 0 Å². The van der Waals surface area contributed by atoms with Crippen LogP contribution in [-0.4, -0.2) is 20.4 Å². The van der Waals surface area contributed by atoms with Gasteiger partial charge in [0.05, 0.1) is 6.04 Å². The van der Waals surface area contributed by atoms with E-state index in [-0.39, 0.29) is 5.69 Å². The second-order valence-electron chi connectivity index (χ2n) is 3.56. The van der Waals surface area contributed by atoms with Crippen LogP contribution in [0.3, 0.4) is 0 Å². The number of primary amides is 1. The fraction of sp³-hybridized carbons (Fsp3) is 0.222. The third-order valence-corrected chi connectivity index (χ3v) is 3.64. The van der Waals surface area contributed by atoms with Crippen LogP contribution >= 0.6 is 0 Å². The summed E-state index contributed by atoms with van der Waals surface area (Å²) in [7, 11) is -4.54. The Hall–Kier alpha value is -1.74. The van der Waals surface area contributed by atoms with Gasteiger partial charge < -0.3 is 11.5 Å². The number of carbonyl (C=O) groups is 1. The number of carbonyl (C=O) groups excluding carboxylic acids is 1. The van der Waals surface area contributed by atoms with Gasteiger partial charge in [0.1, 0.15) is 11.6 Å². The molecule has 1 aromatic rings. The molecule has 0 saturated carbocycles. The van der Waals surface area contributed by atoms with Gasteiger partial charge in [-0.2, -0.15) is 4.72 Å². The minimum absolute atomic E-state index is 0.258. The summed E-state index contributed by atoms with van der Waals surface area (Å²) in [6.07, 6.45) is 0. The van der Waals surface area contributed by atoms with E-state index in [0.29, 0.717) is 12.1 Å². The van der Waals surface area contributed by atoms with Gasteiger partial charge in [0.2, 0.25) is 15.9 Å². The molecule has 1 aromatic carbocycles. The molecule has 6 nitrogen and oxygen atoms in total. The molecule has 0 bridgehead atoms. The van der Waals surface area contributed by atoms with Gasteiger partial charge in [0.15, 0.2) is 4.90 Å². The Bertz CT molecular complexity index is 566. The number of sulfonamides is 1. The molecule has 1 unspecified atom stereocenters. The number of hydrogen-bond donors (Lipinski definition) is 3. The fourth-order valence-corrected chi connectivity index (χ4v) is 2.52. The quantitative estimate of drug-likeness (QED) is 0.656. The van der Waals surface area contributed by atoms with E-state index in [1.165, 1.54) is 0 Å². The monoisotopic (exact) mass is 279 g/mol. The highest BCUT2D eigenvalue weighted by Gasteiger charge is 2.27. The lowest BCUT2D eigenvalue weighted by Crippen LogP contribution is -2.42. The van der Waals surface area contributed by atoms with Crippen LogP contribution in [0.2, 0.25) is 0 Å². The van der Waals surface area contributed by atoms with Crippen LogP contribution in [0.5, 0.6) is 0 Å². The largest absolute Gasteiger partial charge is 0.399 e. The summed E-state index contributed by atoms with van der Waals surface area (Å²) in [4.78, 5) is 9.52. The zero-order chi connectivity index (χ0) is 14.1. The number of nitrogens with two attached hydrogens (primary N) is 2. The van der Waals surface area contributed by atoms with Crippen molar-refractivity contribution >= 4 is 21.6 Å². The van der Waals surface area contributed by atoms with Gasteiger partial charge in [-0.25, -0.2) is 17.2 Å². The Balaban J connectivity index is 3.25. The number of amides is 1. The van der Waals surface area contributed by atoms with Crippen LogP contribution in [0.25, 0.3) is 0 Å². The molecule has 1 rings (SSSR count). The Morgan fingerprint density at radius 2 is 1.78 bits per heavy atom. The van der Waals surface area contributed by atoms with Gasteiger partial charge in [0.25, 0.3) is 0 Å². The SMILES string of the molecule is CC(NS(=O)(=O)c1c(F)cc(N)cc1F)C(N)=O. The van der Waals surface area contributed by atoms with E-state index in [4.69, 9.17) is 11.5 Å². The van der Waals surface area contributed by atoms with E-state index in [0.717, 1.165) is 6.92 Å². The Morgan fingerprint density at radius 1 is 1.33 bits per heavy atom. The molecule has 0 aliphatic rings. The van der Waals surface area contributed by atoms with Crippen LogP contribution in [0.4, 0.5) is 14.5 Å². The van der Waals surface area contributed by atoms with Gasteiger partial charge in [-0.1, -0.05) is 0 Å². The van der Waals surface area contributed by atoms with Crippen molar-refractivity contribution in [1.29, 1.82) is 0 Å². The molecule has 1 atom stereocenters. The number of nitrogen functional groups attached to an aromatic ring is 1. The van der Waals surface area contributed by atoms with Gasteiger partial charge in [-0.3, -0.25) is 4.79 Å². The predicted molar refractivity (Wildman–Crippen MR) is 59.7 cm³/mol. The van der Waals surface area contributed by atoms with Crippen molar-refractivity contribution in [2.75, 3.05) is 5.73 Å². The summed E-state index contributed by atoms with van der Waals surface area (Å²) < 4.78 is 51.9. The number of rotatable bonds is 4. The lowest BCUT2D eigenvalue weighted by molar-refractivity contribution is -0.119. The van der Waals surface area contributed by atoms with Crippen LogP contribution in [0, 0.1) is 11.6 Å². The molecule has 0 spiro atoms. The maximum absolute atomic E-state index is 13.4. The first-order chi connectivity index (χ1) is 8.15. The van der Waals surface area contributed by atoms with Crippen LogP contribution in [0.15, 0.2) is 17.0 Å². The number of hydrogen-bond acceptors (Lipinski definition) is 4. The first-order valence-corrected chi connectivity index (χ1v) is 6.19. The van der Waals surface area contributed by atoms with Crippen molar-refractivity contribution in [3.8, 4) is 0 Å². The van der Waals surface area contributed by atoms with E-state index in [9.17, 15) is 22.0 Å². The molecule has 0 fully saturated rings. The first kappa shape index (κ1) is 14.3. The van der Waals surface area contributed by atoms with E-state index < -0.39 is 38.5 Å². The number of nitrogens with one attached hydrogen (secondary N) is 1. The van der Waals surface area contributed by atoms with E-state index in [1.807, 2.05) is 0 Å². The zero-order valence-electron chi connectivity index (χ0n) is 9.28. The molecule has 9 heteroatoms. The van der Waals surface area contributed by atoms with Gasteiger partial charge in [0, 0.05) is 5.69 Å². The van der Waals surface area contributed by atoms with Crippen molar-refractivity contribution in [2.24, 2.45) is 5.73 Å². The van der Waals surface area contributed by atoms with Crippen LogP contribution in [-0.2, 0) is 14.8 Å². The Kier molecular flexibility index (Phi) is 3.87. The highest BCUT2D eigenvalue weighted by Crippen LogP contribution is 2.21. The summed E-state index contributed by atoms with van der Waals surface area (Å²) in [5, 5.41) is 0. The summed E-state index contributed by atoms with van der Waals surface area (Å²) in [5.74, 6) is -3.68. The first-order valence-electron chi connectivity index (χ1n) is 4.71. The molecule has 0 aromatic heterocycles. The fourth-order valence-electron chi connectivity index (χ4n) is 1.19. The second kappa shape index (κ2) is 4.86. The predicted octanol–water partition coefficient (Wildman–Crippen LogP) is -0.301. The smallest absolute Gasteiger partial charge is 0.247 e. The molecular weight excluding hydrogens is 268 g/mol. The van der Waals surface area contributed by atoms with Gasteiger partial charge >= 0.3 is 0 Å². The molecular formula is C9H11F2N3O3S. The summed E-state index contributed by atoms with van der Waals surface area (Å²) in [6.45, 7) is 1.15. The third kappa shape index (κ3) is 2.93. The number of halogens is 2. The summed E-state index contributed by atoms with van der Waals surface area (Å²) in [5.41, 5.74) is 9.74. The molecule has 0 saturated heterocycles. The molecule has 5 N–H and O–H groups in total. The van der Waals surface area contributed by atoms with Crippen LogP contribution < -0.4 is 16.2 Å². The van der Waals surface area contributed by atoms with Crippen molar-refractivity contribution < 1.29 is 22.0 Å². The van der Waals surface area contributed by atoms with Crippen molar-refractivity contribution in [3.05, 3.63) is 23.8 Å². The van der Waals surface area contributed by atoms with Crippen LogP contribution in [0.1, 0.15) is 6.92 Å². The lowest BCUT2D eigenvalue weighted by Gasteiger charge is -2.12. The lowest BCUT2D eigenvalue weighted by atomic mass is 10.3. The molecule has 0 heterocycles. The van der Waals surface area contributed by atoms with E-state index in [2.05, 4.69) is 0 Å². The highest BCUT2D eigenvalue weighted by molar-refractivity contribution is 7.89. The minimum Gasteiger partial charge on any atom is -0.399 e. The zero-order valence-corrected chi connectivity index (χ0v) is 10.1. The highest BCUT2D eigenvalue weighted by atomic mass is 32.2. The second-order valence-corrected chi connectivity index (χ2v) is 5.21. The third-order valence-electron chi connectivity index (χ3n) is 2.05. The minimum atomic E-state index is -4.54. The Morgan fingerprint density at radius 3 is 2.17 bits per heavy atom. The normalized spacial score (nSPS) is 13.3. The topological polar surface area (TPSA) is 115 Å². The molecule has 1 amide bonds. The maximum atomic E-state index is 13.4. The van der Waals surface area contributed by atoms with Crippen molar-refractivity contribution in [2.45, 2.75) is 17.9 Å². The van der Waals surface area contributed by atoms with Gasteiger partial charge in [-0.15, -0.1) is 0 Å². The van der Waals surface area contributed by atoms with E-state index >= 15 is 0 Å². The summed E-state index contributed by atoms with van der Waals surface area (Å²) in [6, 6.07) is 0.0189. The molecule has 0 aliphatic carbocycles. The molecule has 0 aliphatic heterocycles. The molecule has 18 heavy (non-hydrogen) atoms.